The van der Waals surface area contributed by atoms with Crippen LogP contribution in [0.4, 0.5) is 24.8 Å². The van der Waals surface area contributed by atoms with Gasteiger partial charge in [0.1, 0.15) is 17.5 Å². The van der Waals surface area contributed by atoms with E-state index in [1.807, 2.05) is 6.92 Å². The van der Waals surface area contributed by atoms with Crippen LogP contribution in [-0.4, -0.2) is 29.2 Å². The number of nitrogens with one attached hydrogen (secondary N) is 1. The molecule has 0 amide bonds. The van der Waals surface area contributed by atoms with E-state index >= 15 is 0 Å². The smallest absolute Gasteiger partial charge is 0.356 e. The summed E-state index contributed by atoms with van der Waals surface area (Å²) in [5.41, 5.74) is 2.45. The van der Waals surface area contributed by atoms with Crippen LogP contribution < -0.4 is 16.2 Å². The SMILES string of the molecule is CCCc1nc(NN)cc(N2CCCC(C(F)(F)F)C2)n1. The van der Waals surface area contributed by atoms with Crippen molar-refractivity contribution in [2.24, 2.45) is 11.8 Å². The van der Waals surface area contributed by atoms with Crippen molar-refractivity contribution >= 4 is 11.6 Å². The van der Waals surface area contributed by atoms with Gasteiger partial charge in [-0.1, -0.05) is 6.92 Å². The lowest BCUT2D eigenvalue weighted by molar-refractivity contribution is -0.176. The van der Waals surface area contributed by atoms with E-state index in [0.717, 1.165) is 6.42 Å². The number of hydrazine groups is 1. The Morgan fingerprint density at radius 1 is 1.43 bits per heavy atom. The Labute approximate surface area is 121 Å². The van der Waals surface area contributed by atoms with Crippen LogP contribution >= 0.6 is 0 Å². The molecule has 118 valence electrons. The third kappa shape index (κ3) is 3.96. The number of aromatic nitrogens is 2. The zero-order valence-corrected chi connectivity index (χ0v) is 12.0. The minimum atomic E-state index is -4.16. The molecule has 1 fully saturated rings. The molecule has 3 N–H and O–H groups in total. The number of nitrogen functional groups attached to an aromatic ring is 1. The molecule has 0 saturated carbocycles. The third-order valence-electron chi connectivity index (χ3n) is 3.59. The molecule has 0 aliphatic carbocycles. The monoisotopic (exact) mass is 303 g/mol. The van der Waals surface area contributed by atoms with E-state index in [1.54, 1.807) is 11.0 Å². The number of nitrogens with two attached hydrogens (primary N) is 1. The lowest BCUT2D eigenvalue weighted by Gasteiger charge is -2.34. The van der Waals surface area contributed by atoms with Crippen molar-refractivity contribution in [3.05, 3.63) is 11.9 Å². The van der Waals surface area contributed by atoms with Gasteiger partial charge in [0.25, 0.3) is 0 Å². The minimum absolute atomic E-state index is 0.0594. The van der Waals surface area contributed by atoms with E-state index in [-0.39, 0.29) is 13.0 Å². The van der Waals surface area contributed by atoms with E-state index in [1.165, 1.54) is 0 Å². The highest BCUT2D eigenvalue weighted by atomic mass is 19.4. The summed E-state index contributed by atoms with van der Waals surface area (Å²) in [6.45, 7) is 2.50. The number of piperidine rings is 1. The second-order valence-corrected chi connectivity index (χ2v) is 5.25. The molecule has 5 nitrogen and oxygen atoms in total. The third-order valence-corrected chi connectivity index (χ3v) is 3.59. The fourth-order valence-electron chi connectivity index (χ4n) is 2.51. The highest BCUT2D eigenvalue weighted by Gasteiger charge is 2.42. The molecule has 1 saturated heterocycles. The largest absolute Gasteiger partial charge is 0.393 e. The van der Waals surface area contributed by atoms with Crippen molar-refractivity contribution in [2.75, 3.05) is 23.4 Å². The van der Waals surface area contributed by atoms with Gasteiger partial charge in [-0.3, -0.25) is 0 Å². The maximum atomic E-state index is 12.9. The first kappa shape index (κ1) is 15.8. The van der Waals surface area contributed by atoms with Crippen LogP contribution in [0.15, 0.2) is 6.07 Å². The van der Waals surface area contributed by atoms with E-state index in [9.17, 15) is 13.2 Å². The van der Waals surface area contributed by atoms with Crippen molar-refractivity contribution in [3.8, 4) is 0 Å². The highest BCUT2D eigenvalue weighted by Crippen LogP contribution is 2.34. The van der Waals surface area contributed by atoms with Crippen LogP contribution in [0, 0.1) is 5.92 Å². The summed E-state index contributed by atoms with van der Waals surface area (Å²) >= 11 is 0. The number of alkyl halides is 3. The Hall–Kier alpha value is -1.57. The first-order chi connectivity index (χ1) is 9.94. The summed E-state index contributed by atoms with van der Waals surface area (Å²) in [5.74, 6) is 5.60. The molecule has 1 atom stereocenters. The molecule has 0 spiro atoms. The predicted molar refractivity (Wildman–Crippen MR) is 74.8 cm³/mol. The summed E-state index contributed by atoms with van der Waals surface area (Å²) in [6, 6.07) is 1.60. The van der Waals surface area contributed by atoms with Gasteiger partial charge in [-0.25, -0.2) is 15.8 Å². The molecular formula is C13H20F3N5. The first-order valence-corrected chi connectivity index (χ1v) is 7.10. The molecule has 21 heavy (non-hydrogen) atoms. The van der Waals surface area contributed by atoms with Gasteiger partial charge >= 0.3 is 6.18 Å². The summed E-state index contributed by atoms with van der Waals surface area (Å²) in [5, 5.41) is 0. The molecule has 2 rings (SSSR count). The Kier molecular flexibility index (Phi) is 4.87. The summed E-state index contributed by atoms with van der Waals surface area (Å²) in [6.07, 6.45) is -1.96. The van der Waals surface area contributed by atoms with Crippen molar-refractivity contribution in [1.29, 1.82) is 0 Å². The van der Waals surface area contributed by atoms with Gasteiger partial charge in [0.15, 0.2) is 0 Å². The van der Waals surface area contributed by atoms with Crippen molar-refractivity contribution in [2.45, 2.75) is 38.8 Å². The summed E-state index contributed by atoms with van der Waals surface area (Å²) < 4.78 is 38.7. The Bertz CT molecular complexity index is 477. The zero-order chi connectivity index (χ0) is 15.5. The Morgan fingerprint density at radius 3 is 2.81 bits per heavy atom. The number of rotatable bonds is 4. The van der Waals surface area contributed by atoms with Gasteiger partial charge in [0.2, 0.25) is 0 Å². The second kappa shape index (κ2) is 6.46. The molecule has 1 unspecified atom stereocenters. The van der Waals surface area contributed by atoms with E-state index in [4.69, 9.17) is 5.84 Å². The Morgan fingerprint density at radius 2 is 2.19 bits per heavy atom. The van der Waals surface area contributed by atoms with Crippen LogP contribution in [0.2, 0.25) is 0 Å². The molecule has 0 aromatic carbocycles. The minimum Gasteiger partial charge on any atom is -0.356 e. The molecule has 0 bridgehead atoms. The maximum Gasteiger partial charge on any atom is 0.393 e. The molecule has 1 aromatic heterocycles. The van der Waals surface area contributed by atoms with Crippen LogP contribution in [0.1, 0.15) is 32.0 Å². The van der Waals surface area contributed by atoms with Gasteiger partial charge in [-0.15, -0.1) is 0 Å². The molecule has 8 heteroatoms. The van der Waals surface area contributed by atoms with E-state index < -0.39 is 12.1 Å². The van der Waals surface area contributed by atoms with Crippen molar-refractivity contribution in [3.63, 3.8) is 0 Å². The van der Waals surface area contributed by atoms with Crippen molar-refractivity contribution < 1.29 is 13.2 Å². The fourth-order valence-corrected chi connectivity index (χ4v) is 2.51. The standard InChI is InChI=1S/C13H20F3N5/c1-2-4-10-18-11(20-17)7-12(19-10)21-6-3-5-9(8-21)13(14,15)16/h7,9H,2-6,8,17H2,1H3,(H,18,19,20). The summed E-state index contributed by atoms with van der Waals surface area (Å²) in [4.78, 5) is 10.2. The number of halogens is 3. The highest BCUT2D eigenvalue weighted by molar-refractivity contribution is 5.49. The maximum absolute atomic E-state index is 12.9. The Balaban J connectivity index is 2.21. The lowest BCUT2D eigenvalue weighted by Crippen LogP contribution is -2.42. The predicted octanol–water partition coefficient (Wildman–Crippen LogP) is 2.49. The van der Waals surface area contributed by atoms with Gasteiger partial charge < -0.3 is 10.3 Å². The molecule has 0 radical (unpaired) electrons. The number of nitrogens with zero attached hydrogens (tertiary/aromatic N) is 3. The summed E-state index contributed by atoms with van der Waals surface area (Å²) in [7, 11) is 0. The first-order valence-electron chi connectivity index (χ1n) is 7.10. The van der Waals surface area contributed by atoms with Gasteiger partial charge in [0.05, 0.1) is 5.92 Å². The quantitative estimate of drug-likeness (QED) is 0.661. The van der Waals surface area contributed by atoms with E-state index in [2.05, 4.69) is 15.4 Å². The molecule has 1 aliphatic heterocycles. The fraction of sp³-hybridized carbons (Fsp3) is 0.692. The molecule has 2 heterocycles. The van der Waals surface area contributed by atoms with Gasteiger partial charge in [-0.2, -0.15) is 13.2 Å². The van der Waals surface area contributed by atoms with Gasteiger partial charge in [0, 0.05) is 25.6 Å². The van der Waals surface area contributed by atoms with Crippen LogP contribution in [0.25, 0.3) is 0 Å². The van der Waals surface area contributed by atoms with E-state index in [0.29, 0.717) is 36.8 Å². The molecule has 1 aliphatic rings. The number of anilines is 2. The molecular weight excluding hydrogens is 283 g/mol. The lowest BCUT2D eigenvalue weighted by atomic mass is 9.97. The average molecular weight is 303 g/mol. The average Bonchev–Trinajstić information content (AvgIpc) is 2.46. The van der Waals surface area contributed by atoms with Crippen LogP contribution in [0.5, 0.6) is 0 Å². The second-order valence-electron chi connectivity index (χ2n) is 5.25. The van der Waals surface area contributed by atoms with Crippen LogP contribution in [0.3, 0.4) is 0 Å². The molecule has 1 aromatic rings. The van der Waals surface area contributed by atoms with Crippen molar-refractivity contribution in [1.82, 2.24) is 9.97 Å². The topological polar surface area (TPSA) is 67.1 Å². The number of aryl methyl sites for hydroxylation is 1. The number of hydrogen-bond donors (Lipinski definition) is 2. The zero-order valence-electron chi connectivity index (χ0n) is 12.0. The number of hydrogen-bond acceptors (Lipinski definition) is 5. The normalized spacial score (nSPS) is 19.7. The van der Waals surface area contributed by atoms with Gasteiger partial charge in [-0.05, 0) is 19.3 Å². The van der Waals surface area contributed by atoms with Crippen LogP contribution in [-0.2, 0) is 6.42 Å².